The van der Waals surface area contributed by atoms with Gasteiger partial charge in [-0.25, -0.2) is 4.98 Å². The molecule has 0 fully saturated rings. The summed E-state index contributed by atoms with van der Waals surface area (Å²) in [6, 6.07) is 7.60. The quantitative estimate of drug-likeness (QED) is 0.800. The lowest BCUT2D eigenvalue weighted by atomic mass is 10.1. The Kier molecular flexibility index (Phi) is 3.98. The molecule has 122 valence electrons. The second kappa shape index (κ2) is 6.11. The molecule has 9 heteroatoms. The van der Waals surface area contributed by atoms with Gasteiger partial charge in [0.15, 0.2) is 11.5 Å². The maximum Gasteiger partial charge on any atom is 0.418 e. The maximum atomic E-state index is 12.9. The van der Waals surface area contributed by atoms with Gasteiger partial charge in [0.25, 0.3) is 5.91 Å². The Balaban J connectivity index is 1.81. The van der Waals surface area contributed by atoms with E-state index >= 15 is 0 Å². The van der Waals surface area contributed by atoms with Gasteiger partial charge in [-0.15, -0.1) is 10.2 Å². The first-order valence-electron chi connectivity index (χ1n) is 6.75. The van der Waals surface area contributed by atoms with Crippen molar-refractivity contribution in [3.63, 3.8) is 0 Å². The molecule has 3 aromatic rings. The van der Waals surface area contributed by atoms with Crippen LogP contribution in [0.2, 0.25) is 0 Å². The molecular weight excluding hydrogens is 323 g/mol. The molecule has 2 heterocycles. The predicted molar refractivity (Wildman–Crippen MR) is 78.6 cm³/mol. The number of amides is 1. The van der Waals surface area contributed by atoms with Crippen LogP contribution in [0.25, 0.3) is 5.82 Å². The van der Waals surface area contributed by atoms with E-state index in [1.807, 2.05) is 0 Å². The van der Waals surface area contributed by atoms with Gasteiger partial charge in [-0.2, -0.15) is 13.2 Å². The van der Waals surface area contributed by atoms with E-state index in [1.54, 1.807) is 17.0 Å². The lowest BCUT2D eigenvalue weighted by Gasteiger charge is -2.13. The molecule has 0 radical (unpaired) electrons. The van der Waals surface area contributed by atoms with Gasteiger partial charge in [0, 0.05) is 12.4 Å². The van der Waals surface area contributed by atoms with E-state index in [2.05, 4.69) is 20.5 Å². The van der Waals surface area contributed by atoms with Crippen LogP contribution in [0.4, 0.5) is 18.9 Å². The van der Waals surface area contributed by atoms with Crippen molar-refractivity contribution in [3.05, 3.63) is 66.4 Å². The summed E-state index contributed by atoms with van der Waals surface area (Å²) in [5.41, 5.74) is -1.37. The van der Waals surface area contributed by atoms with Crippen molar-refractivity contribution in [2.24, 2.45) is 0 Å². The smallest absolute Gasteiger partial charge is 0.320 e. The third kappa shape index (κ3) is 3.24. The number of anilines is 1. The summed E-state index contributed by atoms with van der Waals surface area (Å²) in [7, 11) is 0. The molecule has 3 rings (SSSR count). The molecule has 0 bridgehead atoms. The van der Waals surface area contributed by atoms with Crippen LogP contribution in [0.15, 0.2) is 55.1 Å². The predicted octanol–water partition coefficient (Wildman–Crippen LogP) is 2.93. The summed E-state index contributed by atoms with van der Waals surface area (Å²) in [6.07, 6.45) is 0.129. The van der Waals surface area contributed by atoms with Gasteiger partial charge in [-0.3, -0.25) is 9.36 Å². The highest BCUT2D eigenvalue weighted by Gasteiger charge is 2.33. The number of benzene rings is 1. The van der Waals surface area contributed by atoms with Gasteiger partial charge in [0.05, 0.1) is 11.3 Å². The van der Waals surface area contributed by atoms with Crippen molar-refractivity contribution in [1.82, 2.24) is 19.7 Å². The van der Waals surface area contributed by atoms with Gasteiger partial charge >= 0.3 is 6.18 Å². The fourth-order valence-electron chi connectivity index (χ4n) is 2.00. The van der Waals surface area contributed by atoms with Crippen LogP contribution < -0.4 is 5.32 Å². The van der Waals surface area contributed by atoms with Gasteiger partial charge in [0.2, 0.25) is 0 Å². The molecule has 0 unspecified atom stereocenters. The number of carbonyl (C=O) groups excluding carboxylic acids is 1. The molecule has 0 aliphatic heterocycles. The van der Waals surface area contributed by atoms with Crippen molar-refractivity contribution in [3.8, 4) is 5.82 Å². The largest absolute Gasteiger partial charge is 0.418 e. The van der Waals surface area contributed by atoms with Crippen molar-refractivity contribution >= 4 is 11.6 Å². The van der Waals surface area contributed by atoms with Crippen LogP contribution in [0, 0.1) is 0 Å². The minimum absolute atomic E-state index is 0.101. The van der Waals surface area contributed by atoms with E-state index < -0.39 is 17.6 Å². The first kappa shape index (κ1) is 15.7. The van der Waals surface area contributed by atoms with Crippen LogP contribution >= 0.6 is 0 Å². The number of alkyl halides is 3. The van der Waals surface area contributed by atoms with E-state index in [1.165, 1.54) is 36.7 Å². The standard InChI is InChI=1S/C15H10F3N5O/c16-15(17,18)10-3-1-2-4-11(10)20-14(24)12-5-6-13(22-21-12)23-8-7-19-9-23/h1-9H,(H,20,24). The topological polar surface area (TPSA) is 72.7 Å². The molecular formula is C15H10F3N5O. The molecule has 0 atom stereocenters. The number of rotatable bonds is 3. The number of nitrogens with one attached hydrogen (secondary N) is 1. The van der Waals surface area contributed by atoms with Crippen molar-refractivity contribution in [2.75, 3.05) is 5.32 Å². The highest BCUT2D eigenvalue weighted by molar-refractivity contribution is 6.03. The van der Waals surface area contributed by atoms with Crippen LogP contribution in [-0.2, 0) is 6.18 Å². The lowest BCUT2D eigenvalue weighted by molar-refractivity contribution is -0.136. The van der Waals surface area contributed by atoms with Gasteiger partial charge in [-0.1, -0.05) is 12.1 Å². The summed E-state index contributed by atoms with van der Waals surface area (Å²) in [4.78, 5) is 15.9. The number of para-hydroxylation sites is 1. The molecule has 0 aliphatic carbocycles. The second-order valence-corrected chi connectivity index (χ2v) is 4.74. The normalized spacial score (nSPS) is 11.3. The van der Waals surface area contributed by atoms with Gasteiger partial charge in [-0.05, 0) is 24.3 Å². The number of carbonyl (C=O) groups is 1. The fourth-order valence-corrected chi connectivity index (χ4v) is 2.00. The average molecular weight is 333 g/mol. The minimum atomic E-state index is -4.57. The summed E-state index contributed by atoms with van der Waals surface area (Å²) >= 11 is 0. The number of aromatic nitrogens is 4. The third-order valence-corrected chi connectivity index (χ3v) is 3.13. The van der Waals surface area contributed by atoms with E-state index in [0.717, 1.165) is 6.07 Å². The molecule has 1 N–H and O–H groups in total. The Bertz CT molecular complexity index is 844. The number of halogens is 3. The molecule has 0 spiro atoms. The molecule has 1 amide bonds. The second-order valence-electron chi connectivity index (χ2n) is 4.74. The van der Waals surface area contributed by atoms with Crippen molar-refractivity contribution in [1.29, 1.82) is 0 Å². The van der Waals surface area contributed by atoms with E-state index in [4.69, 9.17) is 0 Å². The zero-order valence-electron chi connectivity index (χ0n) is 12.0. The molecule has 2 aromatic heterocycles. The first-order valence-corrected chi connectivity index (χ1v) is 6.75. The minimum Gasteiger partial charge on any atom is -0.320 e. The Hall–Kier alpha value is -3.23. The van der Waals surface area contributed by atoms with Crippen LogP contribution in [0.3, 0.4) is 0 Å². The molecule has 0 aliphatic rings. The van der Waals surface area contributed by atoms with E-state index in [-0.39, 0.29) is 11.4 Å². The first-order chi connectivity index (χ1) is 11.4. The van der Waals surface area contributed by atoms with Crippen LogP contribution in [0.5, 0.6) is 0 Å². The maximum absolute atomic E-state index is 12.9. The Morgan fingerprint density at radius 2 is 1.88 bits per heavy atom. The molecule has 0 saturated heterocycles. The Morgan fingerprint density at radius 1 is 1.08 bits per heavy atom. The highest BCUT2D eigenvalue weighted by Crippen LogP contribution is 2.34. The lowest BCUT2D eigenvalue weighted by Crippen LogP contribution is -2.18. The Morgan fingerprint density at radius 3 is 2.50 bits per heavy atom. The monoisotopic (exact) mass is 333 g/mol. The summed E-state index contributed by atoms with van der Waals surface area (Å²) in [5.74, 6) is -0.351. The molecule has 6 nitrogen and oxygen atoms in total. The zero-order chi connectivity index (χ0) is 17.2. The Labute approximate surface area is 134 Å². The molecule has 24 heavy (non-hydrogen) atoms. The van der Waals surface area contributed by atoms with Crippen molar-refractivity contribution in [2.45, 2.75) is 6.18 Å². The summed E-state index contributed by atoms with van der Waals surface area (Å²) in [5, 5.41) is 9.78. The average Bonchev–Trinajstić information content (AvgIpc) is 3.09. The SMILES string of the molecule is O=C(Nc1ccccc1C(F)(F)F)c1ccc(-n2ccnc2)nn1. The molecule has 1 aromatic carbocycles. The number of hydrogen-bond donors (Lipinski definition) is 1. The van der Waals surface area contributed by atoms with Crippen molar-refractivity contribution < 1.29 is 18.0 Å². The van der Waals surface area contributed by atoms with Gasteiger partial charge < -0.3 is 5.32 Å². The summed E-state index contributed by atoms with van der Waals surface area (Å²) in [6.45, 7) is 0. The van der Waals surface area contributed by atoms with Crippen LogP contribution in [0.1, 0.15) is 16.1 Å². The number of imidazole rings is 1. The third-order valence-electron chi connectivity index (χ3n) is 3.13. The fraction of sp³-hybridized carbons (Fsp3) is 0.0667. The number of nitrogens with zero attached hydrogens (tertiary/aromatic N) is 4. The highest BCUT2D eigenvalue weighted by atomic mass is 19.4. The zero-order valence-corrected chi connectivity index (χ0v) is 12.0. The van der Waals surface area contributed by atoms with E-state index in [0.29, 0.717) is 5.82 Å². The van der Waals surface area contributed by atoms with E-state index in [9.17, 15) is 18.0 Å². The summed E-state index contributed by atoms with van der Waals surface area (Å²) < 4.78 is 40.3. The molecule has 0 saturated carbocycles. The van der Waals surface area contributed by atoms with Crippen LogP contribution in [-0.4, -0.2) is 25.7 Å². The van der Waals surface area contributed by atoms with Gasteiger partial charge in [0.1, 0.15) is 6.33 Å². The number of hydrogen-bond acceptors (Lipinski definition) is 4.